The summed E-state index contributed by atoms with van der Waals surface area (Å²) in [4.78, 5) is 29.5. The molecule has 9 heteroatoms. The maximum Gasteiger partial charge on any atom is 0.293 e. The lowest BCUT2D eigenvalue weighted by molar-refractivity contribution is -0.384. The van der Waals surface area contributed by atoms with E-state index in [9.17, 15) is 14.9 Å². The summed E-state index contributed by atoms with van der Waals surface area (Å²) >= 11 is 0. The van der Waals surface area contributed by atoms with Crippen molar-refractivity contribution >= 4 is 17.3 Å². The summed E-state index contributed by atoms with van der Waals surface area (Å²) in [5, 5.41) is 17.9. The van der Waals surface area contributed by atoms with Crippen LogP contribution < -0.4 is 10.2 Å². The number of amides is 1. The monoisotopic (exact) mass is 373 g/mol. The Morgan fingerprint density at radius 3 is 2.78 bits per heavy atom. The van der Waals surface area contributed by atoms with Gasteiger partial charge in [0.15, 0.2) is 5.82 Å². The summed E-state index contributed by atoms with van der Waals surface area (Å²) in [5.74, 6) is 1.24. The van der Waals surface area contributed by atoms with Crippen LogP contribution in [0.25, 0.3) is 0 Å². The van der Waals surface area contributed by atoms with Crippen LogP contribution in [-0.4, -0.2) is 40.6 Å². The molecular formula is C18H23N5O4. The van der Waals surface area contributed by atoms with E-state index in [2.05, 4.69) is 22.4 Å². The van der Waals surface area contributed by atoms with Gasteiger partial charge in [0.1, 0.15) is 5.69 Å². The molecule has 0 aliphatic carbocycles. The molecule has 1 amide bonds. The number of hydrogen-bond acceptors (Lipinski definition) is 7. The van der Waals surface area contributed by atoms with E-state index in [1.165, 1.54) is 6.07 Å². The minimum absolute atomic E-state index is 0.0373. The molecule has 9 nitrogen and oxygen atoms in total. The van der Waals surface area contributed by atoms with Crippen molar-refractivity contribution in [2.45, 2.75) is 33.1 Å². The maximum atomic E-state index is 12.3. The smallest absolute Gasteiger partial charge is 0.293 e. The lowest BCUT2D eigenvalue weighted by Gasteiger charge is -2.31. The number of carbonyl (C=O) groups excluding carboxylic acids is 1. The van der Waals surface area contributed by atoms with Gasteiger partial charge in [0.25, 0.3) is 11.6 Å². The summed E-state index contributed by atoms with van der Waals surface area (Å²) in [5.41, 5.74) is 0.798. The average Bonchev–Trinajstić information content (AvgIpc) is 3.07. The second-order valence-electron chi connectivity index (χ2n) is 6.87. The number of nitrogens with zero attached hydrogens (tertiary/aromatic N) is 4. The first-order chi connectivity index (χ1) is 12.9. The van der Waals surface area contributed by atoms with Gasteiger partial charge in [-0.15, -0.1) is 0 Å². The largest absolute Gasteiger partial charge is 0.366 e. The first-order valence-electron chi connectivity index (χ1n) is 9.05. The molecule has 1 saturated heterocycles. The van der Waals surface area contributed by atoms with Crippen LogP contribution >= 0.6 is 0 Å². The SMILES string of the molecule is Cc1noc(CCNC(=O)c2ccc(N3CCC(C)CC3)c([N+](=O)[O-])c2)n1. The highest BCUT2D eigenvalue weighted by Gasteiger charge is 2.24. The summed E-state index contributed by atoms with van der Waals surface area (Å²) < 4.78 is 4.99. The van der Waals surface area contributed by atoms with Crippen LogP contribution in [0, 0.1) is 23.0 Å². The van der Waals surface area contributed by atoms with Gasteiger partial charge < -0.3 is 14.7 Å². The number of anilines is 1. The average molecular weight is 373 g/mol. The number of piperidine rings is 1. The number of aryl methyl sites for hydroxylation is 1. The van der Waals surface area contributed by atoms with Gasteiger partial charge in [0, 0.05) is 37.7 Å². The van der Waals surface area contributed by atoms with Gasteiger partial charge >= 0.3 is 0 Å². The number of carbonyl (C=O) groups is 1. The highest BCUT2D eigenvalue weighted by molar-refractivity contribution is 5.95. The molecule has 1 N–H and O–H groups in total. The summed E-state index contributed by atoms with van der Waals surface area (Å²) in [7, 11) is 0. The first kappa shape index (κ1) is 18.8. The predicted molar refractivity (Wildman–Crippen MR) is 98.8 cm³/mol. The highest BCUT2D eigenvalue weighted by atomic mass is 16.6. The van der Waals surface area contributed by atoms with E-state index < -0.39 is 4.92 Å². The predicted octanol–water partition coefficient (Wildman–Crippen LogP) is 2.50. The Morgan fingerprint density at radius 1 is 1.41 bits per heavy atom. The van der Waals surface area contributed by atoms with Gasteiger partial charge in [-0.05, 0) is 37.8 Å². The van der Waals surface area contributed by atoms with E-state index in [0.29, 0.717) is 36.3 Å². The first-order valence-corrected chi connectivity index (χ1v) is 9.05. The molecular weight excluding hydrogens is 350 g/mol. The van der Waals surface area contributed by atoms with Gasteiger partial charge in [0.05, 0.1) is 4.92 Å². The van der Waals surface area contributed by atoms with E-state index in [4.69, 9.17) is 4.52 Å². The van der Waals surface area contributed by atoms with Crippen molar-refractivity contribution in [3.63, 3.8) is 0 Å². The van der Waals surface area contributed by atoms with Crippen LogP contribution in [-0.2, 0) is 6.42 Å². The number of benzene rings is 1. The topological polar surface area (TPSA) is 114 Å². The van der Waals surface area contributed by atoms with Gasteiger partial charge in [-0.1, -0.05) is 12.1 Å². The highest BCUT2D eigenvalue weighted by Crippen LogP contribution is 2.32. The standard InChI is InChI=1S/C18H23N5O4/c1-12-6-9-22(10-7-12)15-4-3-14(11-16(15)23(25)26)18(24)19-8-5-17-20-13(2)21-27-17/h3-4,11-12H,5-10H2,1-2H3,(H,19,24). The third-order valence-electron chi connectivity index (χ3n) is 4.75. The molecule has 1 aliphatic rings. The van der Waals surface area contributed by atoms with Gasteiger partial charge in [0.2, 0.25) is 5.89 Å². The molecule has 1 aromatic heterocycles. The Morgan fingerprint density at radius 2 is 2.15 bits per heavy atom. The molecule has 0 bridgehead atoms. The van der Waals surface area contributed by atoms with Gasteiger partial charge in [-0.25, -0.2) is 0 Å². The van der Waals surface area contributed by atoms with Crippen LogP contribution in [0.5, 0.6) is 0 Å². The van der Waals surface area contributed by atoms with E-state index in [0.717, 1.165) is 25.9 Å². The van der Waals surface area contributed by atoms with Crippen molar-refractivity contribution in [1.29, 1.82) is 0 Å². The van der Waals surface area contributed by atoms with E-state index in [-0.39, 0.29) is 17.2 Å². The third-order valence-corrected chi connectivity index (χ3v) is 4.75. The molecule has 2 heterocycles. The second-order valence-corrected chi connectivity index (χ2v) is 6.87. The van der Waals surface area contributed by atoms with Crippen LogP contribution in [0.15, 0.2) is 22.7 Å². The van der Waals surface area contributed by atoms with Crippen molar-refractivity contribution in [3.05, 3.63) is 45.6 Å². The minimum Gasteiger partial charge on any atom is -0.366 e. The fourth-order valence-corrected chi connectivity index (χ4v) is 3.15. The Hall–Kier alpha value is -2.97. The number of nitro groups is 1. The molecule has 27 heavy (non-hydrogen) atoms. The molecule has 0 spiro atoms. The molecule has 0 saturated carbocycles. The Labute approximate surface area is 156 Å². The Kier molecular flexibility index (Phi) is 5.68. The van der Waals surface area contributed by atoms with E-state index in [1.54, 1.807) is 19.1 Å². The van der Waals surface area contributed by atoms with Gasteiger partial charge in [-0.2, -0.15) is 4.98 Å². The normalized spacial score (nSPS) is 15.0. The summed E-state index contributed by atoms with van der Waals surface area (Å²) in [6.45, 7) is 5.79. The lowest BCUT2D eigenvalue weighted by Crippen LogP contribution is -2.33. The minimum atomic E-state index is -0.425. The molecule has 0 atom stereocenters. The second kappa shape index (κ2) is 8.15. The van der Waals surface area contributed by atoms with Crippen molar-refractivity contribution < 1.29 is 14.2 Å². The molecule has 3 rings (SSSR count). The maximum absolute atomic E-state index is 12.3. The fourth-order valence-electron chi connectivity index (χ4n) is 3.15. The molecule has 1 aliphatic heterocycles. The number of hydrogen-bond donors (Lipinski definition) is 1. The molecule has 1 fully saturated rings. The zero-order chi connectivity index (χ0) is 19.4. The zero-order valence-electron chi connectivity index (χ0n) is 15.5. The molecule has 2 aromatic rings. The molecule has 0 radical (unpaired) electrons. The third kappa shape index (κ3) is 4.60. The van der Waals surface area contributed by atoms with E-state index in [1.807, 2.05) is 4.90 Å². The van der Waals surface area contributed by atoms with Crippen LogP contribution in [0.4, 0.5) is 11.4 Å². The quantitative estimate of drug-likeness (QED) is 0.611. The lowest BCUT2D eigenvalue weighted by atomic mass is 9.98. The van der Waals surface area contributed by atoms with E-state index >= 15 is 0 Å². The molecule has 0 unspecified atom stereocenters. The number of rotatable bonds is 6. The van der Waals surface area contributed by atoms with Crippen molar-refractivity contribution in [3.8, 4) is 0 Å². The fraction of sp³-hybridized carbons (Fsp3) is 0.500. The number of nitro benzene ring substituents is 1. The summed E-state index contributed by atoms with van der Waals surface area (Å²) in [6, 6.07) is 4.65. The van der Waals surface area contributed by atoms with Crippen molar-refractivity contribution in [2.24, 2.45) is 5.92 Å². The number of nitrogens with one attached hydrogen (secondary N) is 1. The van der Waals surface area contributed by atoms with Gasteiger partial charge in [-0.3, -0.25) is 14.9 Å². The Balaban J connectivity index is 1.67. The summed E-state index contributed by atoms with van der Waals surface area (Å²) in [6.07, 6.45) is 2.42. The zero-order valence-corrected chi connectivity index (χ0v) is 15.5. The van der Waals surface area contributed by atoms with Crippen LogP contribution in [0.3, 0.4) is 0 Å². The molecule has 1 aromatic carbocycles. The van der Waals surface area contributed by atoms with Crippen LogP contribution in [0.2, 0.25) is 0 Å². The van der Waals surface area contributed by atoms with Crippen molar-refractivity contribution in [1.82, 2.24) is 15.5 Å². The van der Waals surface area contributed by atoms with Crippen molar-refractivity contribution in [2.75, 3.05) is 24.5 Å². The Bertz CT molecular complexity index is 827. The van der Waals surface area contributed by atoms with Crippen LogP contribution in [0.1, 0.15) is 41.8 Å². The molecule has 144 valence electrons. The number of aromatic nitrogens is 2.